The third-order valence-electron chi connectivity index (χ3n) is 3.20. The van der Waals surface area contributed by atoms with E-state index in [-0.39, 0.29) is 48.0 Å². The topological polar surface area (TPSA) is 43.2 Å². The van der Waals surface area contributed by atoms with Gasteiger partial charge in [0, 0.05) is 0 Å². The Bertz CT molecular complexity index is 487. The number of hydrogen-bond acceptors (Lipinski definition) is 4. The van der Waals surface area contributed by atoms with Crippen molar-refractivity contribution in [2.45, 2.75) is 0 Å². The lowest BCUT2D eigenvalue weighted by atomic mass is 10.2. The van der Waals surface area contributed by atoms with Crippen molar-refractivity contribution in [1.29, 1.82) is 0 Å². The number of nitrogens with zero attached hydrogens (tertiary/aromatic N) is 4. The molecule has 0 bridgehead atoms. The maximum Gasteiger partial charge on any atom is 0.165 e. The van der Waals surface area contributed by atoms with E-state index in [0.717, 1.165) is 33.2 Å². The van der Waals surface area contributed by atoms with Crippen LogP contribution in [0.1, 0.15) is 11.1 Å². The van der Waals surface area contributed by atoms with Crippen LogP contribution in [-0.4, -0.2) is 90.0 Å². The number of hydrogen-bond donors (Lipinski definition) is 0. The van der Waals surface area contributed by atoms with Gasteiger partial charge in [-0.25, -0.2) is 0 Å². The largest absolute Gasteiger partial charge is 1.00 e. The molecule has 0 aromatic heterocycles. The fourth-order valence-corrected chi connectivity index (χ4v) is 1.60. The van der Waals surface area contributed by atoms with Crippen molar-refractivity contribution < 1.29 is 66.6 Å². The van der Waals surface area contributed by atoms with Crippen LogP contribution in [0.25, 0.3) is 0 Å². The van der Waals surface area contributed by atoms with Crippen LogP contribution in [0.3, 0.4) is 0 Å². The van der Waals surface area contributed by atoms with Gasteiger partial charge in [0.2, 0.25) is 0 Å². The molecule has 0 atom stereocenters. The Morgan fingerprint density at radius 2 is 1.00 bits per heavy atom. The summed E-state index contributed by atoms with van der Waals surface area (Å²) < 4.78 is 1.72. The van der Waals surface area contributed by atoms with E-state index in [2.05, 4.69) is 52.6 Å². The smallest absolute Gasteiger partial charge is 0.165 e. The van der Waals surface area contributed by atoms with Gasteiger partial charge in [0.25, 0.3) is 0 Å². The third-order valence-corrected chi connectivity index (χ3v) is 3.20. The van der Waals surface area contributed by atoms with E-state index in [0.29, 0.717) is 13.2 Å². The zero-order valence-corrected chi connectivity index (χ0v) is 21.0. The van der Waals surface area contributed by atoms with Crippen molar-refractivity contribution >= 4 is 12.4 Å². The van der Waals surface area contributed by atoms with E-state index < -0.39 is 0 Å². The highest BCUT2D eigenvalue weighted by atomic mass is 127. The lowest BCUT2D eigenvalue weighted by Gasteiger charge is -2.22. The number of halogens is 2. The summed E-state index contributed by atoms with van der Waals surface area (Å²) in [5.41, 5.74) is 1.98. The molecule has 0 N–H and O–H groups in total. The summed E-state index contributed by atoms with van der Waals surface area (Å²) >= 11 is 0. The van der Waals surface area contributed by atoms with Crippen LogP contribution in [0, 0.1) is 0 Å². The summed E-state index contributed by atoms with van der Waals surface area (Å²) in [4.78, 5) is 10.5. The SMILES string of the molecule is C[N+](C)(C)CCO/N=C\c1ccc(/C=N\OCC[N+](C)(C)C)cc1.[I-].[I-]. The van der Waals surface area contributed by atoms with E-state index >= 15 is 0 Å². The molecule has 0 fully saturated rings. The first-order chi connectivity index (χ1) is 11.2. The Labute approximate surface area is 192 Å². The van der Waals surface area contributed by atoms with Gasteiger partial charge in [-0.05, 0) is 11.1 Å². The van der Waals surface area contributed by atoms with Crippen LogP contribution in [0.4, 0.5) is 0 Å². The molecule has 26 heavy (non-hydrogen) atoms. The van der Waals surface area contributed by atoms with Gasteiger partial charge in [-0.2, -0.15) is 0 Å². The van der Waals surface area contributed by atoms with Gasteiger partial charge in [-0.3, -0.25) is 0 Å². The Morgan fingerprint density at radius 3 is 1.27 bits per heavy atom. The van der Waals surface area contributed by atoms with Gasteiger partial charge in [0.15, 0.2) is 13.2 Å². The molecule has 0 heterocycles. The molecule has 0 amide bonds. The lowest BCUT2D eigenvalue weighted by molar-refractivity contribution is -0.870. The molecule has 0 saturated carbocycles. The molecule has 1 rings (SSSR count). The third kappa shape index (κ3) is 15.8. The first kappa shape index (κ1) is 27.8. The Kier molecular flexibility index (Phi) is 14.6. The predicted molar refractivity (Wildman–Crippen MR) is 99.3 cm³/mol. The predicted octanol–water partition coefficient (Wildman–Crippen LogP) is -4.19. The number of likely N-dealkylation sites (N-methyl/N-ethyl adjacent to an activating group) is 2. The van der Waals surface area contributed by atoms with Crippen LogP contribution in [0.5, 0.6) is 0 Å². The number of oxime groups is 2. The summed E-state index contributed by atoms with van der Waals surface area (Å²) in [6, 6.07) is 7.89. The highest BCUT2D eigenvalue weighted by Gasteiger charge is 2.06. The molecule has 1 aromatic carbocycles. The Hall–Kier alpha value is -0.460. The maximum atomic E-state index is 5.27. The van der Waals surface area contributed by atoms with Gasteiger partial charge in [-0.15, -0.1) is 0 Å². The Balaban J connectivity index is 0. The number of quaternary nitrogens is 2. The van der Waals surface area contributed by atoms with E-state index in [4.69, 9.17) is 9.68 Å². The molecule has 0 saturated heterocycles. The summed E-state index contributed by atoms with van der Waals surface area (Å²) in [5, 5.41) is 7.98. The summed E-state index contributed by atoms with van der Waals surface area (Å²) in [5.74, 6) is 0. The number of benzene rings is 1. The van der Waals surface area contributed by atoms with Gasteiger partial charge < -0.3 is 66.6 Å². The zero-order chi connectivity index (χ0) is 18.1. The fraction of sp³-hybridized carbons (Fsp3) is 0.556. The van der Waals surface area contributed by atoms with E-state index in [1.54, 1.807) is 12.4 Å². The van der Waals surface area contributed by atoms with Crippen molar-refractivity contribution in [1.82, 2.24) is 0 Å². The molecule has 0 aliphatic rings. The van der Waals surface area contributed by atoms with Gasteiger partial charge in [0.1, 0.15) is 13.1 Å². The minimum Gasteiger partial charge on any atom is -1.00 e. The lowest BCUT2D eigenvalue weighted by Crippen LogP contribution is -3.00. The molecular weight excluding hydrogens is 558 g/mol. The highest BCUT2D eigenvalue weighted by Crippen LogP contribution is 2.01. The summed E-state index contributed by atoms with van der Waals surface area (Å²) in [6.45, 7) is 3.05. The quantitative estimate of drug-likeness (QED) is 0.0914. The Morgan fingerprint density at radius 1 is 0.692 bits per heavy atom. The van der Waals surface area contributed by atoms with Crippen LogP contribution >= 0.6 is 0 Å². The molecule has 8 heteroatoms. The molecular formula is C18H32I2N4O2. The molecule has 0 spiro atoms. The average Bonchev–Trinajstić information content (AvgIpc) is 2.45. The normalized spacial score (nSPS) is 11.9. The first-order valence-corrected chi connectivity index (χ1v) is 8.17. The van der Waals surface area contributed by atoms with Crippen LogP contribution in [0.15, 0.2) is 34.6 Å². The van der Waals surface area contributed by atoms with E-state index in [9.17, 15) is 0 Å². The molecule has 6 nitrogen and oxygen atoms in total. The van der Waals surface area contributed by atoms with Crippen LogP contribution < -0.4 is 48.0 Å². The van der Waals surface area contributed by atoms with Crippen LogP contribution in [0.2, 0.25) is 0 Å². The van der Waals surface area contributed by atoms with Crippen molar-refractivity contribution in [3.05, 3.63) is 35.4 Å². The monoisotopic (exact) mass is 590 g/mol. The first-order valence-electron chi connectivity index (χ1n) is 8.17. The van der Waals surface area contributed by atoms with Crippen molar-refractivity contribution in [3.8, 4) is 0 Å². The number of rotatable bonds is 10. The summed E-state index contributed by atoms with van der Waals surface area (Å²) in [7, 11) is 12.7. The zero-order valence-electron chi connectivity index (χ0n) is 16.7. The minimum absolute atomic E-state index is 0. The second-order valence-electron chi connectivity index (χ2n) is 7.83. The molecule has 1 aromatic rings. The molecule has 0 unspecified atom stereocenters. The maximum absolute atomic E-state index is 5.27. The van der Waals surface area contributed by atoms with E-state index in [1.807, 2.05) is 24.3 Å². The van der Waals surface area contributed by atoms with Crippen molar-refractivity contribution in [2.24, 2.45) is 10.3 Å². The van der Waals surface area contributed by atoms with Crippen molar-refractivity contribution in [2.75, 3.05) is 68.6 Å². The molecule has 0 radical (unpaired) electrons. The van der Waals surface area contributed by atoms with Gasteiger partial charge in [0.05, 0.1) is 54.7 Å². The summed E-state index contributed by atoms with van der Waals surface area (Å²) in [6.07, 6.45) is 3.43. The average molecular weight is 590 g/mol. The molecule has 150 valence electrons. The second-order valence-corrected chi connectivity index (χ2v) is 7.83. The van der Waals surface area contributed by atoms with Crippen molar-refractivity contribution in [3.63, 3.8) is 0 Å². The van der Waals surface area contributed by atoms with Gasteiger partial charge in [-0.1, -0.05) is 34.6 Å². The molecule has 0 aliphatic heterocycles. The molecule has 0 aliphatic carbocycles. The van der Waals surface area contributed by atoms with Crippen LogP contribution in [-0.2, 0) is 9.68 Å². The minimum atomic E-state index is 0. The van der Waals surface area contributed by atoms with E-state index in [1.165, 1.54) is 0 Å². The standard InChI is InChI=1S/C18H32N4O2.2HI/c1-21(2,3)11-13-23-19-15-17-7-9-18(10-8-17)16-20-24-14-12-22(4,5)6;;/h7-10,15-16H,11-14H2,1-6H3;2*1H/q+2;;/p-2/b19-15-,20-16-;;. The second kappa shape index (κ2) is 13.7. The van der Waals surface area contributed by atoms with Gasteiger partial charge >= 0.3 is 0 Å². The fourth-order valence-electron chi connectivity index (χ4n) is 1.60. The highest BCUT2D eigenvalue weighted by molar-refractivity contribution is 5.83.